The van der Waals surface area contributed by atoms with E-state index in [-0.39, 0.29) is 11.5 Å². The van der Waals surface area contributed by atoms with Gasteiger partial charge in [0.25, 0.3) is 0 Å². The lowest BCUT2D eigenvalue weighted by Crippen LogP contribution is -2.34. The number of Topliss-reactive ketones (excluding diaryl/α,β-unsaturated/α-hetero) is 1. The Morgan fingerprint density at radius 1 is 1.13 bits per heavy atom. The molecule has 2 bridgehead atoms. The number of sulfone groups is 1. The van der Waals surface area contributed by atoms with Gasteiger partial charge in [-0.05, 0) is 75.4 Å². The predicted molar refractivity (Wildman–Crippen MR) is 126 cm³/mol. The molecular weight excluding hydrogens is 432 g/mol. The number of hydrogen-bond acceptors (Lipinski definition) is 4. The normalized spacial score (nSPS) is 21.4. The lowest BCUT2D eigenvalue weighted by atomic mass is 10.0. The SMILES string of the molecule is Cc1c(C(=O)CN2C3CCC2CC3)cc(/C=C/CCS(C)(=O)=O)n1-c1ccc(Cl)cc1. The summed E-state index contributed by atoms with van der Waals surface area (Å²) in [7, 11) is -3.01. The third-order valence-electron chi connectivity index (χ3n) is 6.54. The molecule has 0 saturated carbocycles. The van der Waals surface area contributed by atoms with Crippen molar-refractivity contribution in [3.8, 4) is 5.69 Å². The highest BCUT2D eigenvalue weighted by molar-refractivity contribution is 7.90. The van der Waals surface area contributed by atoms with E-state index in [9.17, 15) is 13.2 Å². The van der Waals surface area contributed by atoms with E-state index in [2.05, 4.69) is 4.90 Å². The van der Waals surface area contributed by atoms with E-state index in [1.165, 1.54) is 31.9 Å². The third kappa shape index (κ3) is 4.97. The molecule has 3 heterocycles. The molecule has 2 aliphatic rings. The molecule has 166 valence electrons. The number of fused-ring (bicyclic) bond motifs is 2. The molecule has 0 atom stereocenters. The van der Waals surface area contributed by atoms with Crippen LogP contribution in [-0.2, 0) is 9.84 Å². The second kappa shape index (κ2) is 8.93. The maximum Gasteiger partial charge on any atom is 0.178 e. The maximum atomic E-state index is 13.3. The van der Waals surface area contributed by atoms with Crippen molar-refractivity contribution in [1.82, 2.24) is 9.47 Å². The fraction of sp³-hybridized carbons (Fsp3) is 0.458. The zero-order chi connectivity index (χ0) is 22.2. The molecule has 0 aliphatic carbocycles. The van der Waals surface area contributed by atoms with Crippen molar-refractivity contribution in [3.63, 3.8) is 0 Å². The number of halogens is 1. The van der Waals surface area contributed by atoms with Crippen LogP contribution in [0.2, 0.25) is 5.02 Å². The summed E-state index contributed by atoms with van der Waals surface area (Å²) in [5.41, 5.74) is 3.40. The van der Waals surface area contributed by atoms with Crippen molar-refractivity contribution >= 4 is 33.3 Å². The van der Waals surface area contributed by atoms with Gasteiger partial charge in [-0.2, -0.15) is 0 Å². The topological polar surface area (TPSA) is 59.4 Å². The van der Waals surface area contributed by atoms with Crippen LogP contribution in [0.1, 0.15) is 53.8 Å². The van der Waals surface area contributed by atoms with Crippen LogP contribution in [0.3, 0.4) is 0 Å². The number of rotatable bonds is 8. The number of carbonyl (C=O) groups excluding carboxylic acids is 1. The van der Waals surface area contributed by atoms with E-state index >= 15 is 0 Å². The Hall–Kier alpha value is -1.89. The lowest BCUT2D eigenvalue weighted by molar-refractivity contribution is 0.0917. The Morgan fingerprint density at radius 2 is 1.74 bits per heavy atom. The summed E-state index contributed by atoms with van der Waals surface area (Å²) < 4.78 is 24.9. The molecule has 0 amide bonds. The fourth-order valence-electron chi connectivity index (χ4n) is 4.98. The van der Waals surface area contributed by atoms with Gasteiger partial charge in [0.05, 0.1) is 12.3 Å². The molecule has 0 N–H and O–H groups in total. The van der Waals surface area contributed by atoms with Crippen LogP contribution < -0.4 is 0 Å². The summed E-state index contributed by atoms with van der Waals surface area (Å²) in [4.78, 5) is 15.7. The molecule has 1 aromatic heterocycles. The molecule has 7 heteroatoms. The average molecular weight is 461 g/mol. The number of aromatic nitrogens is 1. The minimum atomic E-state index is -3.01. The first kappa shape index (κ1) is 22.3. The Balaban J connectivity index is 1.63. The first-order valence-corrected chi connectivity index (χ1v) is 13.3. The van der Waals surface area contributed by atoms with Gasteiger partial charge in [-0.1, -0.05) is 17.7 Å². The highest BCUT2D eigenvalue weighted by Crippen LogP contribution is 2.37. The first-order chi connectivity index (χ1) is 14.7. The monoisotopic (exact) mass is 460 g/mol. The molecular formula is C24H29ClN2O3S. The number of nitrogens with zero attached hydrogens (tertiary/aromatic N) is 2. The summed E-state index contributed by atoms with van der Waals surface area (Å²) in [6, 6.07) is 10.6. The first-order valence-electron chi connectivity index (χ1n) is 10.8. The molecule has 2 fully saturated rings. The van der Waals surface area contributed by atoms with E-state index in [1.54, 1.807) is 0 Å². The van der Waals surface area contributed by atoms with Gasteiger partial charge in [-0.15, -0.1) is 0 Å². The molecule has 2 aliphatic heterocycles. The van der Waals surface area contributed by atoms with E-state index in [4.69, 9.17) is 11.6 Å². The van der Waals surface area contributed by atoms with Crippen LogP contribution in [0.15, 0.2) is 36.4 Å². The Bertz CT molecular complexity index is 1080. The molecule has 2 aromatic rings. The molecule has 0 spiro atoms. The summed E-state index contributed by atoms with van der Waals surface area (Å²) >= 11 is 6.07. The highest BCUT2D eigenvalue weighted by atomic mass is 35.5. The van der Waals surface area contributed by atoms with Crippen LogP contribution in [0.25, 0.3) is 11.8 Å². The molecule has 4 rings (SSSR count). The van der Waals surface area contributed by atoms with Crippen molar-refractivity contribution in [2.75, 3.05) is 18.6 Å². The molecule has 1 aromatic carbocycles. The largest absolute Gasteiger partial charge is 0.314 e. The summed E-state index contributed by atoms with van der Waals surface area (Å²) in [5.74, 6) is 0.253. The van der Waals surface area contributed by atoms with E-state index in [0.717, 1.165) is 22.6 Å². The van der Waals surface area contributed by atoms with Gasteiger partial charge >= 0.3 is 0 Å². The number of benzene rings is 1. The van der Waals surface area contributed by atoms with E-state index in [1.807, 2.05) is 54.0 Å². The van der Waals surface area contributed by atoms with Crippen molar-refractivity contribution in [2.45, 2.75) is 51.1 Å². The van der Waals surface area contributed by atoms with Crippen LogP contribution in [0, 0.1) is 6.92 Å². The molecule has 2 saturated heterocycles. The van der Waals surface area contributed by atoms with Crippen LogP contribution in [-0.4, -0.2) is 54.3 Å². The predicted octanol–water partition coefficient (Wildman–Crippen LogP) is 4.70. The lowest BCUT2D eigenvalue weighted by Gasteiger charge is -2.20. The zero-order valence-corrected chi connectivity index (χ0v) is 19.6. The highest BCUT2D eigenvalue weighted by Gasteiger charge is 2.40. The molecule has 0 unspecified atom stereocenters. The van der Waals surface area contributed by atoms with Crippen molar-refractivity contribution in [1.29, 1.82) is 0 Å². The number of hydrogen-bond donors (Lipinski definition) is 0. The summed E-state index contributed by atoms with van der Waals surface area (Å²) in [6.45, 7) is 2.44. The second-order valence-electron chi connectivity index (χ2n) is 8.76. The van der Waals surface area contributed by atoms with Gasteiger partial charge in [0.15, 0.2) is 5.78 Å². The van der Waals surface area contributed by atoms with E-state index < -0.39 is 9.84 Å². The Labute approximate surface area is 189 Å². The van der Waals surface area contributed by atoms with Crippen LogP contribution in [0.5, 0.6) is 0 Å². The minimum absolute atomic E-state index is 0.105. The second-order valence-corrected chi connectivity index (χ2v) is 11.5. The van der Waals surface area contributed by atoms with Gasteiger partial charge in [0.1, 0.15) is 9.84 Å². The molecule has 5 nitrogen and oxygen atoms in total. The van der Waals surface area contributed by atoms with Crippen molar-refractivity contribution < 1.29 is 13.2 Å². The van der Waals surface area contributed by atoms with Crippen molar-refractivity contribution in [3.05, 3.63) is 58.4 Å². The Morgan fingerprint density at radius 3 is 2.32 bits per heavy atom. The summed E-state index contributed by atoms with van der Waals surface area (Å²) in [6.07, 6.45) is 10.3. The van der Waals surface area contributed by atoms with Gasteiger partial charge < -0.3 is 4.57 Å². The van der Waals surface area contributed by atoms with Crippen molar-refractivity contribution in [2.24, 2.45) is 0 Å². The fourth-order valence-corrected chi connectivity index (χ4v) is 5.67. The van der Waals surface area contributed by atoms with Crippen LogP contribution in [0.4, 0.5) is 0 Å². The Kier molecular flexibility index (Phi) is 6.42. The van der Waals surface area contributed by atoms with Gasteiger partial charge in [-0.3, -0.25) is 9.69 Å². The standard InChI is InChI=1S/C24H29ClN2O3S/c1-17-23(24(28)16-26-19-10-11-20(26)13-12-19)15-22(5-3-4-14-31(2,29)30)27(17)21-8-6-18(25)7-9-21/h3,5-9,15,19-20H,4,10-14,16H2,1-2H3/b5-3+. The van der Waals surface area contributed by atoms with Crippen LogP contribution >= 0.6 is 11.6 Å². The number of ketones is 1. The molecule has 31 heavy (non-hydrogen) atoms. The van der Waals surface area contributed by atoms with Gasteiger partial charge in [0.2, 0.25) is 0 Å². The quantitative estimate of drug-likeness (QED) is 0.536. The number of carbonyl (C=O) groups is 1. The average Bonchev–Trinajstić information content (AvgIpc) is 3.38. The van der Waals surface area contributed by atoms with Gasteiger partial charge in [0, 0.05) is 46.0 Å². The third-order valence-corrected chi connectivity index (χ3v) is 7.76. The maximum absolute atomic E-state index is 13.3. The van der Waals surface area contributed by atoms with Gasteiger partial charge in [-0.25, -0.2) is 8.42 Å². The smallest absolute Gasteiger partial charge is 0.178 e. The number of allylic oxidation sites excluding steroid dienone is 1. The minimum Gasteiger partial charge on any atom is -0.314 e. The zero-order valence-electron chi connectivity index (χ0n) is 18.1. The summed E-state index contributed by atoms with van der Waals surface area (Å²) in [5, 5.41) is 0.652. The molecule has 0 radical (unpaired) electrons. The van der Waals surface area contributed by atoms with E-state index in [0.29, 0.717) is 30.1 Å².